The van der Waals surface area contributed by atoms with Crippen molar-refractivity contribution in [2.24, 2.45) is 0 Å². The topological polar surface area (TPSA) is 80.3 Å². The molecule has 0 saturated carbocycles. The summed E-state index contributed by atoms with van der Waals surface area (Å²) >= 11 is 0. The Bertz CT molecular complexity index is 412. The lowest BCUT2D eigenvalue weighted by Crippen LogP contribution is -2.37. The normalized spacial score (nSPS) is 10.6. The molecule has 0 saturated heterocycles. The molecular weight excluding hydrogens is 234 g/mol. The molecule has 0 aliphatic carbocycles. The monoisotopic (exact) mass is 251 g/mol. The molecule has 0 fully saturated rings. The molecular formula is C12H17N3O3. The van der Waals surface area contributed by atoms with Gasteiger partial charge in [0.15, 0.2) is 0 Å². The molecule has 0 aliphatic heterocycles. The highest BCUT2D eigenvalue weighted by Gasteiger charge is 2.16. The first kappa shape index (κ1) is 14.0. The highest BCUT2D eigenvalue weighted by Crippen LogP contribution is 2.06. The largest absolute Gasteiger partial charge is 0.444 e. The lowest BCUT2D eigenvalue weighted by molar-refractivity contribution is -0.115. The summed E-state index contributed by atoms with van der Waals surface area (Å²) in [7, 11) is 0. The minimum absolute atomic E-state index is 0.149. The van der Waals surface area contributed by atoms with Crippen molar-refractivity contribution in [2.45, 2.75) is 26.4 Å². The van der Waals surface area contributed by atoms with Crippen LogP contribution in [0.15, 0.2) is 24.5 Å². The van der Waals surface area contributed by atoms with Gasteiger partial charge in [0.05, 0.1) is 11.9 Å². The predicted molar refractivity (Wildman–Crippen MR) is 67.1 cm³/mol. The molecule has 0 aromatic carbocycles. The number of hydrogen-bond acceptors (Lipinski definition) is 4. The van der Waals surface area contributed by atoms with Gasteiger partial charge >= 0.3 is 6.09 Å². The SMILES string of the molecule is CC(C)(C)OC(=O)NCC(=O)Nc1cccnc1. The summed E-state index contributed by atoms with van der Waals surface area (Å²) in [5.74, 6) is -0.339. The minimum atomic E-state index is -0.621. The van der Waals surface area contributed by atoms with E-state index in [-0.39, 0.29) is 12.5 Å². The molecule has 1 rings (SSSR count). The van der Waals surface area contributed by atoms with E-state index in [1.54, 1.807) is 39.1 Å². The molecule has 0 unspecified atom stereocenters. The Hall–Kier alpha value is -2.11. The molecule has 1 heterocycles. The van der Waals surface area contributed by atoms with E-state index in [9.17, 15) is 9.59 Å². The molecule has 0 radical (unpaired) electrons. The summed E-state index contributed by atoms with van der Waals surface area (Å²) in [6.45, 7) is 5.11. The quantitative estimate of drug-likeness (QED) is 0.854. The van der Waals surface area contributed by atoms with E-state index in [1.807, 2.05) is 0 Å². The fraction of sp³-hybridized carbons (Fsp3) is 0.417. The van der Waals surface area contributed by atoms with E-state index in [4.69, 9.17) is 4.74 Å². The molecule has 98 valence electrons. The molecule has 6 heteroatoms. The van der Waals surface area contributed by atoms with Crippen LogP contribution >= 0.6 is 0 Å². The molecule has 0 atom stereocenters. The summed E-state index contributed by atoms with van der Waals surface area (Å²) in [6, 6.07) is 3.41. The van der Waals surface area contributed by atoms with Crippen LogP contribution < -0.4 is 10.6 Å². The number of nitrogens with one attached hydrogen (secondary N) is 2. The number of ether oxygens (including phenoxy) is 1. The molecule has 0 bridgehead atoms. The molecule has 6 nitrogen and oxygen atoms in total. The fourth-order valence-corrected chi connectivity index (χ4v) is 1.11. The van der Waals surface area contributed by atoms with Crippen molar-refractivity contribution in [1.82, 2.24) is 10.3 Å². The number of amides is 2. The molecule has 1 aromatic rings. The van der Waals surface area contributed by atoms with Crippen molar-refractivity contribution in [3.8, 4) is 0 Å². The van der Waals surface area contributed by atoms with Gasteiger partial charge in [-0.1, -0.05) is 0 Å². The van der Waals surface area contributed by atoms with Gasteiger partial charge in [-0.15, -0.1) is 0 Å². The van der Waals surface area contributed by atoms with Gasteiger partial charge in [0, 0.05) is 6.20 Å². The summed E-state index contributed by atoms with van der Waals surface area (Å²) in [4.78, 5) is 26.6. The Morgan fingerprint density at radius 2 is 2.11 bits per heavy atom. The number of alkyl carbamates (subject to hydrolysis) is 1. The predicted octanol–water partition coefficient (Wildman–Crippen LogP) is 1.54. The second-order valence-electron chi connectivity index (χ2n) is 4.65. The molecule has 1 aromatic heterocycles. The van der Waals surface area contributed by atoms with Crippen molar-refractivity contribution >= 4 is 17.7 Å². The maximum Gasteiger partial charge on any atom is 0.408 e. The zero-order chi connectivity index (χ0) is 13.6. The van der Waals surface area contributed by atoms with E-state index in [2.05, 4.69) is 15.6 Å². The number of carbonyl (C=O) groups excluding carboxylic acids is 2. The summed E-state index contributed by atoms with van der Waals surface area (Å²) in [5.41, 5.74) is -0.00215. The summed E-state index contributed by atoms with van der Waals surface area (Å²) in [6.07, 6.45) is 2.50. The first-order chi connectivity index (χ1) is 8.37. The number of anilines is 1. The lowest BCUT2D eigenvalue weighted by atomic mass is 10.2. The molecule has 0 spiro atoms. The van der Waals surface area contributed by atoms with Crippen LogP contribution in [0.5, 0.6) is 0 Å². The van der Waals surface area contributed by atoms with E-state index < -0.39 is 11.7 Å². The Kier molecular flexibility index (Phi) is 4.65. The van der Waals surface area contributed by atoms with E-state index >= 15 is 0 Å². The van der Waals surface area contributed by atoms with Crippen LogP contribution in [0.3, 0.4) is 0 Å². The van der Waals surface area contributed by atoms with Gasteiger partial charge < -0.3 is 15.4 Å². The van der Waals surface area contributed by atoms with Crippen LogP contribution in [0, 0.1) is 0 Å². The second kappa shape index (κ2) is 6.00. The Morgan fingerprint density at radius 3 is 2.67 bits per heavy atom. The van der Waals surface area contributed by atoms with E-state index in [1.165, 1.54) is 6.20 Å². The van der Waals surface area contributed by atoms with Crippen molar-refractivity contribution in [2.75, 3.05) is 11.9 Å². The maximum absolute atomic E-state index is 11.5. The van der Waals surface area contributed by atoms with Gasteiger partial charge in [0.1, 0.15) is 12.1 Å². The third kappa shape index (κ3) is 5.83. The standard InChI is InChI=1S/C12H17N3O3/c1-12(2,3)18-11(17)14-8-10(16)15-9-5-4-6-13-7-9/h4-7H,8H2,1-3H3,(H,14,17)(H,15,16). The Morgan fingerprint density at radius 1 is 1.39 bits per heavy atom. The fourth-order valence-electron chi connectivity index (χ4n) is 1.11. The van der Waals surface area contributed by atoms with Crippen LogP contribution in [0.2, 0.25) is 0 Å². The first-order valence-corrected chi connectivity index (χ1v) is 5.53. The summed E-state index contributed by atoms with van der Waals surface area (Å²) < 4.78 is 5.00. The van der Waals surface area contributed by atoms with Gasteiger partial charge in [-0.3, -0.25) is 9.78 Å². The van der Waals surface area contributed by atoms with Crippen LogP contribution in [0.4, 0.5) is 10.5 Å². The van der Waals surface area contributed by atoms with Crippen molar-refractivity contribution in [3.05, 3.63) is 24.5 Å². The Labute approximate surface area is 106 Å². The van der Waals surface area contributed by atoms with Crippen LogP contribution in [-0.4, -0.2) is 29.1 Å². The molecule has 2 N–H and O–H groups in total. The molecule has 2 amide bonds. The number of pyridine rings is 1. The van der Waals surface area contributed by atoms with Crippen molar-refractivity contribution in [1.29, 1.82) is 0 Å². The number of aromatic nitrogens is 1. The average molecular weight is 251 g/mol. The third-order valence-electron chi connectivity index (χ3n) is 1.74. The minimum Gasteiger partial charge on any atom is -0.444 e. The third-order valence-corrected chi connectivity index (χ3v) is 1.74. The second-order valence-corrected chi connectivity index (χ2v) is 4.65. The zero-order valence-corrected chi connectivity index (χ0v) is 10.7. The van der Waals surface area contributed by atoms with Gasteiger partial charge in [0.25, 0.3) is 0 Å². The number of carbonyl (C=O) groups is 2. The number of nitrogens with zero attached hydrogens (tertiary/aromatic N) is 1. The average Bonchev–Trinajstić information content (AvgIpc) is 2.25. The van der Waals surface area contributed by atoms with Gasteiger partial charge in [-0.2, -0.15) is 0 Å². The number of hydrogen-bond donors (Lipinski definition) is 2. The van der Waals surface area contributed by atoms with Crippen LogP contribution in [-0.2, 0) is 9.53 Å². The van der Waals surface area contributed by atoms with Crippen LogP contribution in [0.1, 0.15) is 20.8 Å². The lowest BCUT2D eigenvalue weighted by Gasteiger charge is -2.19. The van der Waals surface area contributed by atoms with Crippen molar-refractivity contribution in [3.63, 3.8) is 0 Å². The van der Waals surface area contributed by atoms with E-state index in [0.717, 1.165) is 0 Å². The Balaban J connectivity index is 2.32. The van der Waals surface area contributed by atoms with Gasteiger partial charge in [0.2, 0.25) is 5.91 Å². The van der Waals surface area contributed by atoms with Gasteiger partial charge in [-0.05, 0) is 32.9 Å². The number of rotatable bonds is 3. The first-order valence-electron chi connectivity index (χ1n) is 5.53. The van der Waals surface area contributed by atoms with Crippen LogP contribution in [0.25, 0.3) is 0 Å². The smallest absolute Gasteiger partial charge is 0.408 e. The molecule has 0 aliphatic rings. The van der Waals surface area contributed by atoms with E-state index in [0.29, 0.717) is 5.69 Å². The van der Waals surface area contributed by atoms with Crippen molar-refractivity contribution < 1.29 is 14.3 Å². The highest BCUT2D eigenvalue weighted by molar-refractivity contribution is 5.93. The summed E-state index contributed by atoms with van der Waals surface area (Å²) in [5, 5.41) is 4.95. The highest BCUT2D eigenvalue weighted by atomic mass is 16.6. The zero-order valence-electron chi connectivity index (χ0n) is 10.7. The molecule has 18 heavy (non-hydrogen) atoms. The van der Waals surface area contributed by atoms with Gasteiger partial charge in [-0.25, -0.2) is 4.79 Å². The maximum atomic E-state index is 11.5.